The van der Waals surface area contributed by atoms with Gasteiger partial charge in [-0.3, -0.25) is 14.9 Å². The summed E-state index contributed by atoms with van der Waals surface area (Å²) in [5.74, 6) is -1.21. The van der Waals surface area contributed by atoms with E-state index in [1.54, 1.807) is 12.1 Å². The van der Waals surface area contributed by atoms with Gasteiger partial charge in [-0.15, -0.1) is 0 Å². The average Bonchev–Trinajstić information content (AvgIpc) is 2.79. The molecular weight excluding hydrogens is 444 g/mol. The summed E-state index contributed by atoms with van der Waals surface area (Å²) in [7, 11) is 0. The first-order valence-corrected chi connectivity index (χ1v) is 10.7. The predicted molar refractivity (Wildman–Crippen MR) is 127 cm³/mol. The van der Waals surface area contributed by atoms with Crippen LogP contribution in [0.5, 0.6) is 0 Å². The fourth-order valence-corrected chi connectivity index (χ4v) is 3.31. The minimum Gasteiger partial charge on any atom is -0.481 e. The first-order valence-electron chi connectivity index (χ1n) is 10.3. The van der Waals surface area contributed by atoms with Crippen LogP contribution in [-0.2, 0) is 22.6 Å². The third-order valence-electron chi connectivity index (χ3n) is 4.69. The summed E-state index contributed by atoms with van der Waals surface area (Å²) in [4.78, 5) is 35.4. The van der Waals surface area contributed by atoms with Crippen LogP contribution in [0.1, 0.15) is 34.3 Å². The van der Waals surface area contributed by atoms with Crippen LogP contribution in [-0.4, -0.2) is 23.1 Å². The molecular formula is C25H23ClN2O5. The van der Waals surface area contributed by atoms with E-state index in [0.717, 1.165) is 11.1 Å². The summed E-state index contributed by atoms with van der Waals surface area (Å²) >= 11 is 6.13. The van der Waals surface area contributed by atoms with E-state index in [0.29, 0.717) is 24.2 Å². The third-order valence-corrected chi connectivity index (χ3v) is 4.91. The van der Waals surface area contributed by atoms with Crippen LogP contribution in [0.4, 0.5) is 16.2 Å². The number of carboxylic acid groups (broad SMARTS) is 1. The lowest BCUT2D eigenvalue weighted by Gasteiger charge is -2.10. The van der Waals surface area contributed by atoms with Gasteiger partial charge in [0.05, 0.1) is 0 Å². The molecule has 0 radical (unpaired) electrons. The van der Waals surface area contributed by atoms with Gasteiger partial charge >= 0.3 is 12.1 Å². The number of anilines is 2. The van der Waals surface area contributed by atoms with E-state index in [4.69, 9.17) is 21.4 Å². The van der Waals surface area contributed by atoms with Crippen molar-refractivity contribution < 1.29 is 24.2 Å². The Morgan fingerprint density at radius 2 is 1.58 bits per heavy atom. The van der Waals surface area contributed by atoms with Gasteiger partial charge in [0.1, 0.15) is 6.61 Å². The lowest BCUT2D eigenvalue weighted by atomic mass is 10.1. The minimum atomic E-state index is -0.821. The Bertz CT molecular complexity index is 1120. The number of aliphatic carboxylic acids is 1. The Morgan fingerprint density at radius 3 is 2.27 bits per heavy atom. The number of rotatable bonds is 9. The number of nitrogens with one attached hydrogen (secondary N) is 2. The predicted octanol–water partition coefficient (Wildman–Crippen LogP) is 5.75. The fraction of sp³-hybridized carbons (Fsp3) is 0.160. The second-order valence-corrected chi connectivity index (χ2v) is 7.75. The molecule has 7 nitrogen and oxygen atoms in total. The summed E-state index contributed by atoms with van der Waals surface area (Å²) in [6.45, 7) is 0.118. The lowest BCUT2D eigenvalue weighted by molar-refractivity contribution is -0.137. The van der Waals surface area contributed by atoms with Gasteiger partial charge < -0.3 is 15.2 Å². The Labute approximate surface area is 196 Å². The summed E-state index contributed by atoms with van der Waals surface area (Å²) in [6.07, 6.45) is 0.645. The van der Waals surface area contributed by atoms with Crippen LogP contribution < -0.4 is 10.6 Å². The van der Waals surface area contributed by atoms with Gasteiger partial charge in [-0.25, -0.2) is 4.79 Å². The number of hydrogen-bond donors (Lipinski definition) is 3. The lowest BCUT2D eigenvalue weighted by Crippen LogP contribution is -2.15. The topological polar surface area (TPSA) is 105 Å². The highest BCUT2D eigenvalue weighted by atomic mass is 35.5. The van der Waals surface area contributed by atoms with Crippen LogP contribution >= 0.6 is 11.6 Å². The number of carbonyl (C=O) groups is 3. The summed E-state index contributed by atoms with van der Waals surface area (Å²) < 4.78 is 5.19. The van der Waals surface area contributed by atoms with Crippen LogP contribution in [0.3, 0.4) is 0 Å². The van der Waals surface area contributed by atoms with Gasteiger partial charge in [-0.05, 0) is 54.3 Å². The minimum absolute atomic E-state index is 0.115. The van der Waals surface area contributed by atoms with Crippen molar-refractivity contribution in [1.29, 1.82) is 0 Å². The maximum atomic E-state index is 12.7. The maximum Gasteiger partial charge on any atom is 0.411 e. The molecule has 0 aromatic heterocycles. The molecule has 0 saturated carbocycles. The molecule has 8 heteroatoms. The van der Waals surface area contributed by atoms with Gasteiger partial charge in [0, 0.05) is 28.4 Å². The molecule has 0 aliphatic carbocycles. The molecule has 0 saturated heterocycles. The highest BCUT2D eigenvalue weighted by Gasteiger charge is 2.11. The molecule has 2 amide bonds. The molecule has 0 aliphatic heterocycles. The summed E-state index contributed by atoms with van der Waals surface area (Å²) in [6, 6.07) is 21.0. The van der Waals surface area contributed by atoms with E-state index in [1.807, 2.05) is 42.5 Å². The quantitative estimate of drug-likeness (QED) is 0.372. The highest BCUT2D eigenvalue weighted by molar-refractivity contribution is 6.31. The zero-order chi connectivity index (χ0) is 23.6. The van der Waals surface area contributed by atoms with E-state index < -0.39 is 18.0 Å². The molecule has 3 aromatic rings. The number of carbonyl (C=O) groups excluding carboxylic acids is 2. The van der Waals surface area contributed by atoms with E-state index in [1.165, 1.54) is 18.2 Å². The number of hydrogen-bond acceptors (Lipinski definition) is 4. The average molecular weight is 467 g/mol. The third kappa shape index (κ3) is 7.97. The monoisotopic (exact) mass is 466 g/mol. The van der Waals surface area contributed by atoms with Crippen molar-refractivity contribution in [1.82, 2.24) is 0 Å². The van der Waals surface area contributed by atoms with Crippen LogP contribution in [0.25, 0.3) is 0 Å². The zero-order valence-corrected chi connectivity index (χ0v) is 18.5. The van der Waals surface area contributed by atoms with E-state index in [9.17, 15) is 14.4 Å². The van der Waals surface area contributed by atoms with Crippen molar-refractivity contribution in [3.63, 3.8) is 0 Å². The maximum absolute atomic E-state index is 12.7. The Kier molecular flexibility index (Phi) is 8.43. The first-order chi connectivity index (χ1) is 15.9. The first kappa shape index (κ1) is 23.8. The molecule has 0 spiro atoms. The Balaban J connectivity index is 1.57. The van der Waals surface area contributed by atoms with E-state index in [2.05, 4.69) is 10.6 Å². The van der Waals surface area contributed by atoms with Crippen molar-refractivity contribution in [2.75, 3.05) is 10.6 Å². The number of benzene rings is 3. The van der Waals surface area contributed by atoms with Gasteiger partial charge in [0.25, 0.3) is 5.91 Å². The smallest absolute Gasteiger partial charge is 0.411 e. The molecule has 0 heterocycles. The highest BCUT2D eigenvalue weighted by Crippen LogP contribution is 2.21. The van der Waals surface area contributed by atoms with Crippen molar-refractivity contribution in [3.05, 3.63) is 94.5 Å². The Hall–Kier alpha value is -3.84. The fourth-order valence-electron chi connectivity index (χ4n) is 3.07. The number of halogens is 1. The SMILES string of the molecule is O=C(O)CCCc1ccc(NC(=O)c2cc(Cl)cc(NC(=O)OCc3ccccc3)c2)cc1. The van der Waals surface area contributed by atoms with Gasteiger partial charge in [0.2, 0.25) is 0 Å². The number of ether oxygens (including phenoxy) is 1. The zero-order valence-electron chi connectivity index (χ0n) is 17.7. The molecule has 0 fully saturated rings. The van der Waals surface area contributed by atoms with E-state index in [-0.39, 0.29) is 23.6 Å². The van der Waals surface area contributed by atoms with Crippen molar-refractivity contribution >= 4 is 40.9 Å². The van der Waals surface area contributed by atoms with Crippen molar-refractivity contribution in [2.45, 2.75) is 25.9 Å². The van der Waals surface area contributed by atoms with E-state index >= 15 is 0 Å². The molecule has 170 valence electrons. The summed E-state index contributed by atoms with van der Waals surface area (Å²) in [5.41, 5.74) is 3.02. The van der Waals surface area contributed by atoms with Gasteiger partial charge in [-0.1, -0.05) is 54.1 Å². The molecule has 0 bridgehead atoms. The second-order valence-electron chi connectivity index (χ2n) is 7.31. The molecule has 0 unspecified atom stereocenters. The van der Waals surface area contributed by atoms with Crippen LogP contribution in [0.15, 0.2) is 72.8 Å². The largest absolute Gasteiger partial charge is 0.481 e. The second kappa shape index (κ2) is 11.7. The standard InChI is InChI=1S/C25H23ClN2O5/c26-20-13-19(14-22(15-20)28-25(32)33-16-18-5-2-1-3-6-18)24(31)27-21-11-9-17(10-12-21)7-4-8-23(29)30/h1-3,5-6,9-15H,4,7-8,16H2,(H,27,31)(H,28,32)(H,29,30). The molecule has 0 aliphatic rings. The molecule has 0 atom stereocenters. The Morgan fingerprint density at radius 1 is 0.848 bits per heavy atom. The molecule has 3 rings (SSSR count). The number of carboxylic acids is 1. The van der Waals surface area contributed by atoms with Crippen LogP contribution in [0, 0.1) is 0 Å². The van der Waals surface area contributed by atoms with Gasteiger partial charge in [0.15, 0.2) is 0 Å². The van der Waals surface area contributed by atoms with Crippen molar-refractivity contribution in [2.24, 2.45) is 0 Å². The summed E-state index contributed by atoms with van der Waals surface area (Å²) in [5, 5.41) is 14.4. The van der Waals surface area contributed by atoms with Crippen LogP contribution in [0.2, 0.25) is 5.02 Å². The van der Waals surface area contributed by atoms with Crippen molar-refractivity contribution in [3.8, 4) is 0 Å². The molecule has 3 N–H and O–H groups in total. The molecule has 3 aromatic carbocycles. The van der Waals surface area contributed by atoms with Gasteiger partial charge in [-0.2, -0.15) is 0 Å². The number of amides is 2. The number of aryl methyl sites for hydroxylation is 1. The molecule has 33 heavy (non-hydrogen) atoms. The normalized spacial score (nSPS) is 10.3.